The molecule has 2 fully saturated rings. The molecule has 1 aliphatic carbocycles. The summed E-state index contributed by atoms with van der Waals surface area (Å²) in [6.07, 6.45) is 9.87. The Balaban J connectivity index is 1.48. The molecule has 0 radical (unpaired) electrons. The van der Waals surface area contributed by atoms with Crippen LogP contribution in [-0.4, -0.2) is 43.0 Å². The minimum atomic E-state index is -0.0466. The summed E-state index contributed by atoms with van der Waals surface area (Å²) in [5.41, 5.74) is 1.75. The molecule has 0 spiro atoms. The van der Waals surface area contributed by atoms with E-state index in [1.807, 2.05) is 24.9 Å². The molecule has 7 nitrogen and oxygen atoms in total. The molecule has 1 N–H and O–H groups in total. The molecule has 2 aromatic rings. The quantitative estimate of drug-likeness (QED) is 0.928. The zero-order valence-electron chi connectivity index (χ0n) is 14.8. The average molecular weight is 340 g/mol. The molecule has 3 heterocycles. The van der Waals surface area contributed by atoms with E-state index >= 15 is 0 Å². The van der Waals surface area contributed by atoms with E-state index < -0.39 is 0 Å². The second-order valence-electron chi connectivity index (χ2n) is 7.04. The van der Waals surface area contributed by atoms with Crippen LogP contribution in [0.3, 0.4) is 0 Å². The molecule has 1 saturated heterocycles. The zero-order chi connectivity index (χ0) is 17.4. The lowest BCUT2D eigenvalue weighted by molar-refractivity contribution is 0.201. The van der Waals surface area contributed by atoms with Crippen molar-refractivity contribution < 1.29 is 4.79 Å². The van der Waals surface area contributed by atoms with Gasteiger partial charge in [-0.1, -0.05) is 0 Å². The van der Waals surface area contributed by atoms with Gasteiger partial charge in [-0.15, -0.1) is 0 Å². The zero-order valence-corrected chi connectivity index (χ0v) is 14.8. The van der Waals surface area contributed by atoms with E-state index in [9.17, 15) is 4.79 Å². The molecule has 2 aromatic heterocycles. The van der Waals surface area contributed by atoms with Gasteiger partial charge in [0.25, 0.3) is 0 Å². The first kappa shape index (κ1) is 16.1. The first-order valence-corrected chi connectivity index (χ1v) is 9.00. The number of likely N-dealkylation sites (tertiary alicyclic amines) is 1. The number of imidazole rings is 1. The molecule has 4 rings (SSSR count). The van der Waals surface area contributed by atoms with Crippen LogP contribution < -0.4 is 5.32 Å². The van der Waals surface area contributed by atoms with Crippen LogP contribution in [0, 0.1) is 13.8 Å². The largest absolute Gasteiger partial charge is 0.333 e. The SMILES string of the molecule is Cc1ncc(NC(=O)N2CCCC2Cn2ccnc2C)c(C2CC2)n1. The van der Waals surface area contributed by atoms with E-state index in [0.29, 0.717) is 5.92 Å². The third kappa shape index (κ3) is 3.36. The van der Waals surface area contributed by atoms with Gasteiger partial charge >= 0.3 is 6.03 Å². The third-order valence-electron chi connectivity index (χ3n) is 5.11. The Kier molecular flexibility index (Phi) is 4.15. The lowest BCUT2D eigenvalue weighted by Crippen LogP contribution is -2.41. The molecule has 0 bridgehead atoms. The van der Waals surface area contributed by atoms with Crippen molar-refractivity contribution >= 4 is 11.7 Å². The van der Waals surface area contributed by atoms with Crippen LogP contribution in [0.5, 0.6) is 0 Å². The maximum Gasteiger partial charge on any atom is 0.322 e. The minimum absolute atomic E-state index is 0.0466. The van der Waals surface area contributed by atoms with E-state index in [4.69, 9.17) is 0 Å². The summed E-state index contributed by atoms with van der Waals surface area (Å²) in [4.78, 5) is 27.9. The van der Waals surface area contributed by atoms with Crippen molar-refractivity contribution in [3.8, 4) is 0 Å². The highest BCUT2D eigenvalue weighted by atomic mass is 16.2. The van der Waals surface area contributed by atoms with Crippen molar-refractivity contribution in [3.63, 3.8) is 0 Å². The van der Waals surface area contributed by atoms with Gasteiger partial charge in [0.05, 0.1) is 23.6 Å². The van der Waals surface area contributed by atoms with Gasteiger partial charge in [0.2, 0.25) is 0 Å². The average Bonchev–Trinajstić information content (AvgIpc) is 3.21. The topological polar surface area (TPSA) is 75.9 Å². The Labute approximate surface area is 147 Å². The van der Waals surface area contributed by atoms with Crippen molar-refractivity contribution in [1.29, 1.82) is 0 Å². The molecule has 0 aromatic carbocycles. The van der Waals surface area contributed by atoms with Crippen molar-refractivity contribution in [2.24, 2.45) is 0 Å². The summed E-state index contributed by atoms with van der Waals surface area (Å²) < 4.78 is 2.11. The smallest absolute Gasteiger partial charge is 0.322 e. The van der Waals surface area contributed by atoms with Crippen molar-refractivity contribution in [1.82, 2.24) is 24.4 Å². The number of hydrogen-bond donors (Lipinski definition) is 1. The lowest BCUT2D eigenvalue weighted by atomic mass is 10.2. The van der Waals surface area contributed by atoms with Gasteiger partial charge in [0.15, 0.2) is 0 Å². The Morgan fingerprint density at radius 2 is 2.12 bits per heavy atom. The maximum absolute atomic E-state index is 12.9. The minimum Gasteiger partial charge on any atom is -0.333 e. The van der Waals surface area contributed by atoms with Crippen molar-refractivity contribution in [2.45, 2.75) is 58.0 Å². The summed E-state index contributed by atoms with van der Waals surface area (Å²) in [5, 5.41) is 3.06. The summed E-state index contributed by atoms with van der Waals surface area (Å²) in [7, 11) is 0. The van der Waals surface area contributed by atoms with E-state index in [-0.39, 0.29) is 12.1 Å². The monoisotopic (exact) mass is 340 g/mol. The maximum atomic E-state index is 12.9. The number of anilines is 1. The van der Waals surface area contributed by atoms with E-state index in [2.05, 4.69) is 24.8 Å². The number of aromatic nitrogens is 4. The molecule has 25 heavy (non-hydrogen) atoms. The molecule has 1 unspecified atom stereocenters. The molecular formula is C18H24N6O. The highest BCUT2D eigenvalue weighted by molar-refractivity contribution is 5.90. The van der Waals surface area contributed by atoms with Gasteiger partial charge in [-0.05, 0) is 39.5 Å². The lowest BCUT2D eigenvalue weighted by Gasteiger charge is -2.26. The fourth-order valence-electron chi connectivity index (χ4n) is 3.56. The fraction of sp³-hybridized carbons (Fsp3) is 0.556. The van der Waals surface area contributed by atoms with Crippen LogP contribution in [-0.2, 0) is 6.54 Å². The summed E-state index contributed by atoms with van der Waals surface area (Å²) in [6.45, 7) is 5.46. The highest BCUT2D eigenvalue weighted by Crippen LogP contribution is 2.42. The fourth-order valence-corrected chi connectivity index (χ4v) is 3.56. The van der Waals surface area contributed by atoms with E-state index in [0.717, 1.165) is 61.8 Å². The summed E-state index contributed by atoms with van der Waals surface area (Å²) >= 11 is 0. The van der Waals surface area contributed by atoms with Gasteiger partial charge in [0, 0.05) is 31.4 Å². The number of hydrogen-bond acceptors (Lipinski definition) is 4. The normalized spacial score (nSPS) is 20.1. The van der Waals surface area contributed by atoms with Crippen LogP contribution in [0.4, 0.5) is 10.5 Å². The Bertz CT molecular complexity index is 782. The molecule has 1 atom stereocenters. The summed E-state index contributed by atoms with van der Waals surface area (Å²) in [5.74, 6) is 2.21. The predicted octanol–water partition coefficient (Wildman–Crippen LogP) is 2.86. The van der Waals surface area contributed by atoms with Crippen LogP contribution in [0.15, 0.2) is 18.6 Å². The highest BCUT2D eigenvalue weighted by Gasteiger charge is 2.32. The number of rotatable bonds is 4. The predicted molar refractivity (Wildman–Crippen MR) is 94.5 cm³/mol. The number of carbonyl (C=O) groups is 1. The Morgan fingerprint density at radius 3 is 2.84 bits per heavy atom. The second-order valence-corrected chi connectivity index (χ2v) is 7.04. The van der Waals surface area contributed by atoms with Crippen LogP contribution >= 0.6 is 0 Å². The number of nitrogens with zero attached hydrogens (tertiary/aromatic N) is 5. The van der Waals surface area contributed by atoms with E-state index in [1.165, 1.54) is 0 Å². The summed E-state index contributed by atoms with van der Waals surface area (Å²) in [6, 6.07) is 0.151. The van der Waals surface area contributed by atoms with Crippen molar-refractivity contribution in [2.75, 3.05) is 11.9 Å². The molecule has 7 heteroatoms. The Morgan fingerprint density at radius 1 is 1.28 bits per heavy atom. The van der Waals surface area contributed by atoms with E-state index in [1.54, 1.807) is 12.4 Å². The first-order chi connectivity index (χ1) is 12.1. The number of urea groups is 1. The van der Waals surface area contributed by atoms with Gasteiger partial charge in [-0.3, -0.25) is 0 Å². The molecular weight excluding hydrogens is 316 g/mol. The number of carbonyl (C=O) groups excluding carboxylic acids is 1. The molecule has 2 amide bonds. The molecule has 2 aliphatic rings. The van der Waals surface area contributed by atoms with Gasteiger partial charge < -0.3 is 14.8 Å². The van der Waals surface area contributed by atoms with Crippen molar-refractivity contribution in [3.05, 3.63) is 35.9 Å². The van der Waals surface area contributed by atoms with Gasteiger partial charge in [-0.2, -0.15) is 0 Å². The molecule has 1 saturated carbocycles. The van der Waals surface area contributed by atoms with Crippen LogP contribution in [0.2, 0.25) is 0 Å². The third-order valence-corrected chi connectivity index (χ3v) is 5.11. The first-order valence-electron chi connectivity index (χ1n) is 9.00. The Hall–Kier alpha value is -2.44. The number of nitrogens with one attached hydrogen (secondary N) is 1. The molecule has 132 valence electrons. The van der Waals surface area contributed by atoms with Crippen LogP contribution in [0.1, 0.15) is 48.9 Å². The standard InChI is InChI=1S/C18H24N6O/c1-12-20-10-16(17(21-12)14-5-6-14)22-18(25)24-8-3-4-15(24)11-23-9-7-19-13(23)2/h7,9-10,14-15H,3-6,8,11H2,1-2H3,(H,22,25). The number of amides is 2. The second kappa shape index (κ2) is 6.46. The van der Waals surface area contributed by atoms with Gasteiger partial charge in [-0.25, -0.2) is 19.7 Å². The number of aryl methyl sites for hydroxylation is 2. The van der Waals surface area contributed by atoms with Crippen LogP contribution in [0.25, 0.3) is 0 Å². The van der Waals surface area contributed by atoms with Gasteiger partial charge in [0.1, 0.15) is 11.6 Å². The molecule has 1 aliphatic heterocycles.